The molecule has 2 heterocycles. The maximum Gasteiger partial charge on any atom is 0.260 e. The summed E-state index contributed by atoms with van der Waals surface area (Å²) in [4.78, 5) is 0. The average molecular weight is 336 g/mol. The zero-order chi connectivity index (χ0) is 17.4. The molecule has 5 heteroatoms. The Bertz CT molecular complexity index is 878. The van der Waals surface area contributed by atoms with Crippen LogP contribution in [0.4, 0.5) is 0 Å². The van der Waals surface area contributed by atoms with Crippen molar-refractivity contribution in [2.45, 2.75) is 32.3 Å². The molecular weight excluding hydrogens is 316 g/mol. The first-order chi connectivity index (χ1) is 12.0. The number of hydrogen-bond donors (Lipinski definition) is 0. The Morgan fingerprint density at radius 1 is 0.920 bits per heavy atom. The van der Waals surface area contributed by atoms with Gasteiger partial charge in [-0.3, -0.25) is 0 Å². The van der Waals surface area contributed by atoms with E-state index in [9.17, 15) is 0 Å². The predicted molar refractivity (Wildman–Crippen MR) is 93.7 cm³/mol. The molecule has 0 aliphatic carbocycles. The van der Waals surface area contributed by atoms with Crippen molar-refractivity contribution in [3.8, 4) is 23.0 Å². The van der Waals surface area contributed by atoms with E-state index in [1.54, 1.807) is 0 Å². The molecule has 5 nitrogen and oxygen atoms in total. The lowest BCUT2D eigenvalue weighted by Gasteiger charge is -2.23. The van der Waals surface area contributed by atoms with Gasteiger partial charge in [0.05, 0.1) is 0 Å². The zero-order valence-corrected chi connectivity index (χ0v) is 14.5. The number of ether oxygens (including phenoxy) is 2. The van der Waals surface area contributed by atoms with Crippen molar-refractivity contribution < 1.29 is 13.9 Å². The summed E-state index contributed by atoms with van der Waals surface area (Å²) in [6.07, 6.45) is -0.398. The highest BCUT2D eigenvalue weighted by atomic mass is 16.6. The van der Waals surface area contributed by atoms with Gasteiger partial charge in [0.1, 0.15) is 6.61 Å². The minimum atomic E-state index is -0.398. The van der Waals surface area contributed by atoms with E-state index in [2.05, 4.69) is 43.1 Å². The predicted octanol–water partition coefficient (Wildman–Crippen LogP) is 4.55. The van der Waals surface area contributed by atoms with Crippen LogP contribution in [0.25, 0.3) is 11.5 Å². The topological polar surface area (TPSA) is 57.4 Å². The Labute approximate surface area is 146 Å². The van der Waals surface area contributed by atoms with Crippen molar-refractivity contribution in [2.75, 3.05) is 6.61 Å². The van der Waals surface area contributed by atoms with E-state index in [0.29, 0.717) is 24.1 Å². The fraction of sp³-hybridized carbons (Fsp3) is 0.300. The summed E-state index contributed by atoms with van der Waals surface area (Å²) in [6, 6.07) is 15.8. The second kappa shape index (κ2) is 5.92. The van der Waals surface area contributed by atoms with Crippen LogP contribution in [0.1, 0.15) is 38.3 Å². The number of rotatable bonds is 2. The zero-order valence-electron chi connectivity index (χ0n) is 14.5. The lowest BCUT2D eigenvalue weighted by atomic mass is 9.87. The summed E-state index contributed by atoms with van der Waals surface area (Å²) in [7, 11) is 0. The molecule has 2 aromatic carbocycles. The number of aromatic nitrogens is 2. The molecule has 0 bridgehead atoms. The third-order valence-electron chi connectivity index (χ3n) is 4.22. The highest BCUT2D eigenvalue weighted by Gasteiger charge is 2.27. The molecule has 0 saturated heterocycles. The molecule has 1 aliphatic rings. The van der Waals surface area contributed by atoms with Crippen LogP contribution in [0, 0.1) is 0 Å². The normalized spacial score (nSPS) is 16.7. The molecule has 0 saturated carbocycles. The molecule has 1 unspecified atom stereocenters. The van der Waals surface area contributed by atoms with Gasteiger partial charge in [0, 0.05) is 5.56 Å². The maximum absolute atomic E-state index is 5.91. The van der Waals surface area contributed by atoms with Gasteiger partial charge in [0.15, 0.2) is 11.5 Å². The van der Waals surface area contributed by atoms with Gasteiger partial charge >= 0.3 is 0 Å². The minimum absolute atomic E-state index is 0.110. The van der Waals surface area contributed by atoms with Crippen molar-refractivity contribution >= 4 is 0 Å². The van der Waals surface area contributed by atoms with E-state index in [0.717, 1.165) is 11.3 Å². The van der Waals surface area contributed by atoms with Gasteiger partial charge in [-0.05, 0) is 35.2 Å². The minimum Gasteiger partial charge on any atom is -0.485 e. The van der Waals surface area contributed by atoms with Gasteiger partial charge in [-0.25, -0.2) is 0 Å². The van der Waals surface area contributed by atoms with Crippen LogP contribution in [-0.4, -0.2) is 16.8 Å². The van der Waals surface area contributed by atoms with E-state index in [1.807, 2.05) is 36.4 Å². The first kappa shape index (κ1) is 15.7. The van der Waals surface area contributed by atoms with Crippen molar-refractivity contribution in [3.05, 3.63) is 60.0 Å². The molecule has 0 spiro atoms. The molecular formula is C20H20N2O3. The molecule has 0 N–H and O–H groups in total. The van der Waals surface area contributed by atoms with E-state index < -0.39 is 6.10 Å². The molecule has 0 radical (unpaired) electrons. The molecule has 25 heavy (non-hydrogen) atoms. The van der Waals surface area contributed by atoms with Crippen LogP contribution in [0.2, 0.25) is 0 Å². The van der Waals surface area contributed by atoms with Crippen LogP contribution in [0.15, 0.2) is 52.9 Å². The first-order valence-corrected chi connectivity index (χ1v) is 8.33. The quantitative estimate of drug-likeness (QED) is 0.687. The van der Waals surface area contributed by atoms with E-state index in [1.165, 1.54) is 5.56 Å². The average Bonchev–Trinajstić information content (AvgIpc) is 3.11. The molecule has 1 aliphatic heterocycles. The van der Waals surface area contributed by atoms with Crippen molar-refractivity contribution in [1.82, 2.24) is 10.2 Å². The summed E-state index contributed by atoms with van der Waals surface area (Å²) < 4.78 is 17.4. The number of nitrogens with zero attached hydrogens (tertiary/aromatic N) is 2. The fourth-order valence-electron chi connectivity index (χ4n) is 2.74. The van der Waals surface area contributed by atoms with Crippen LogP contribution in [0.3, 0.4) is 0 Å². The number of benzene rings is 2. The monoisotopic (exact) mass is 336 g/mol. The number of fused-ring (bicyclic) bond motifs is 1. The van der Waals surface area contributed by atoms with Crippen molar-refractivity contribution in [2.24, 2.45) is 0 Å². The third kappa shape index (κ3) is 3.09. The lowest BCUT2D eigenvalue weighted by Crippen LogP contribution is -2.21. The van der Waals surface area contributed by atoms with Crippen LogP contribution in [-0.2, 0) is 5.41 Å². The van der Waals surface area contributed by atoms with E-state index >= 15 is 0 Å². The molecule has 0 fully saturated rings. The highest BCUT2D eigenvalue weighted by Crippen LogP contribution is 2.36. The SMILES string of the molecule is CC(C)(C)c1ccc(-c2nnc(C3COc4ccccc4O3)o2)cc1. The lowest BCUT2D eigenvalue weighted by molar-refractivity contribution is 0.0716. The molecule has 3 aromatic rings. The molecule has 128 valence electrons. The van der Waals surface area contributed by atoms with Crippen molar-refractivity contribution in [1.29, 1.82) is 0 Å². The molecule has 1 atom stereocenters. The Balaban J connectivity index is 1.55. The Kier molecular flexibility index (Phi) is 3.71. The molecule has 1 aromatic heterocycles. The number of para-hydroxylation sites is 2. The van der Waals surface area contributed by atoms with Gasteiger partial charge < -0.3 is 13.9 Å². The molecule has 0 amide bonds. The number of hydrogen-bond acceptors (Lipinski definition) is 5. The summed E-state index contributed by atoms with van der Waals surface area (Å²) in [5, 5.41) is 8.30. The maximum atomic E-state index is 5.91. The van der Waals surface area contributed by atoms with Crippen LogP contribution in [0.5, 0.6) is 11.5 Å². The van der Waals surface area contributed by atoms with E-state index in [-0.39, 0.29) is 5.41 Å². The van der Waals surface area contributed by atoms with Gasteiger partial charge in [0.25, 0.3) is 5.89 Å². The van der Waals surface area contributed by atoms with Gasteiger partial charge in [-0.15, -0.1) is 10.2 Å². The summed E-state index contributed by atoms with van der Waals surface area (Å²) in [5.41, 5.74) is 2.26. The summed E-state index contributed by atoms with van der Waals surface area (Å²) >= 11 is 0. The summed E-state index contributed by atoms with van der Waals surface area (Å²) in [6.45, 7) is 6.91. The van der Waals surface area contributed by atoms with Gasteiger partial charge in [-0.1, -0.05) is 45.0 Å². The standard InChI is InChI=1S/C20H20N2O3/c1-20(2,3)14-10-8-13(9-11-14)18-21-22-19(25-18)17-12-23-15-6-4-5-7-16(15)24-17/h4-11,17H,12H2,1-3H3. The second-order valence-electron chi connectivity index (χ2n) is 7.14. The van der Waals surface area contributed by atoms with Crippen LogP contribution >= 0.6 is 0 Å². The van der Waals surface area contributed by atoms with Gasteiger partial charge in [-0.2, -0.15) is 0 Å². The Hall–Kier alpha value is -2.82. The smallest absolute Gasteiger partial charge is 0.260 e. The van der Waals surface area contributed by atoms with Crippen molar-refractivity contribution in [3.63, 3.8) is 0 Å². The Morgan fingerprint density at radius 2 is 1.64 bits per heavy atom. The molecule has 4 rings (SSSR count). The second-order valence-corrected chi connectivity index (χ2v) is 7.14. The highest BCUT2D eigenvalue weighted by molar-refractivity contribution is 5.53. The largest absolute Gasteiger partial charge is 0.485 e. The Morgan fingerprint density at radius 3 is 2.36 bits per heavy atom. The van der Waals surface area contributed by atoms with Crippen LogP contribution < -0.4 is 9.47 Å². The van der Waals surface area contributed by atoms with Gasteiger partial charge in [0.2, 0.25) is 12.0 Å². The third-order valence-corrected chi connectivity index (χ3v) is 4.22. The first-order valence-electron chi connectivity index (χ1n) is 8.33. The van der Waals surface area contributed by atoms with E-state index in [4.69, 9.17) is 13.9 Å². The summed E-state index contributed by atoms with van der Waals surface area (Å²) in [5.74, 6) is 2.33. The fourth-order valence-corrected chi connectivity index (χ4v) is 2.74.